The highest BCUT2D eigenvalue weighted by Crippen LogP contribution is 2.17. The third-order valence-corrected chi connectivity index (χ3v) is 4.16. The van der Waals surface area contributed by atoms with E-state index in [2.05, 4.69) is 22.3 Å². The molecular weight excluding hydrogens is 256 g/mol. The Bertz CT molecular complexity index is 355. The molecule has 0 aromatic carbocycles. The lowest BCUT2D eigenvalue weighted by Crippen LogP contribution is -2.46. The van der Waals surface area contributed by atoms with Crippen LogP contribution in [0.25, 0.3) is 0 Å². The Hall–Kier alpha value is -1.30. The zero-order chi connectivity index (χ0) is 15.2. The first-order valence-electron chi connectivity index (χ1n) is 7.40. The number of oxime groups is 1. The van der Waals surface area contributed by atoms with Crippen molar-refractivity contribution in [3.63, 3.8) is 0 Å². The molecule has 1 amide bonds. The second kappa shape index (κ2) is 7.47. The first-order valence-corrected chi connectivity index (χ1v) is 7.40. The summed E-state index contributed by atoms with van der Waals surface area (Å²) in [5.74, 6) is -0.279. The number of hydrogen-bond acceptors (Lipinski definition) is 4. The van der Waals surface area contributed by atoms with Crippen LogP contribution >= 0.6 is 0 Å². The first-order chi connectivity index (χ1) is 9.39. The lowest BCUT2D eigenvalue weighted by atomic mass is 9.91. The topological polar surface area (TPSA) is 91.0 Å². The fraction of sp³-hybridized carbons (Fsp3) is 0.857. The summed E-state index contributed by atoms with van der Waals surface area (Å²) in [4.78, 5) is 14.5. The largest absolute Gasteiger partial charge is 0.409 e. The number of hydrogen-bond donors (Lipinski definition) is 3. The first kappa shape index (κ1) is 16.8. The Morgan fingerprint density at radius 1 is 1.50 bits per heavy atom. The van der Waals surface area contributed by atoms with Crippen LogP contribution in [0.2, 0.25) is 0 Å². The molecule has 0 spiro atoms. The van der Waals surface area contributed by atoms with Crippen LogP contribution in [0.4, 0.5) is 0 Å². The van der Waals surface area contributed by atoms with E-state index in [1.165, 1.54) is 19.3 Å². The number of nitrogens with two attached hydrogens (primary N) is 1. The summed E-state index contributed by atoms with van der Waals surface area (Å²) in [5.41, 5.74) is 4.54. The number of nitrogens with zero attached hydrogens (tertiary/aromatic N) is 2. The summed E-state index contributed by atoms with van der Waals surface area (Å²) >= 11 is 0. The number of likely N-dealkylation sites (tertiary alicyclic amines) is 1. The van der Waals surface area contributed by atoms with Crippen LogP contribution in [-0.4, -0.2) is 47.5 Å². The molecule has 0 radical (unpaired) electrons. The standard InChI is InChI=1S/C14H28N4O2/c1-11-7-4-5-9-18(11)10-6-8-16-13(19)14(2,3)12(15)17-20/h11,20H,4-10H2,1-3H3,(H2,15,17)(H,16,19). The van der Waals surface area contributed by atoms with Gasteiger partial charge in [0.1, 0.15) is 5.41 Å². The van der Waals surface area contributed by atoms with E-state index >= 15 is 0 Å². The highest BCUT2D eigenvalue weighted by atomic mass is 16.4. The minimum absolute atomic E-state index is 0.0698. The number of rotatable bonds is 6. The Kier molecular flexibility index (Phi) is 6.26. The van der Waals surface area contributed by atoms with Crippen LogP contribution in [0.3, 0.4) is 0 Å². The molecule has 1 saturated heterocycles. The van der Waals surface area contributed by atoms with Crippen LogP contribution in [-0.2, 0) is 4.79 Å². The van der Waals surface area contributed by atoms with Crippen molar-refractivity contribution in [3.05, 3.63) is 0 Å². The molecule has 0 bridgehead atoms. The van der Waals surface area contributed by atoms with Gasteiger partial charge in [-0.1, -0.05) is 11.6 Å². The normalized spacial score (nSPS) is 21.8. The SMILES string of the molecule is CC1CCCCN1CCCNC(=O)C(C)(C)C(N)=NO. The Labute approximate surface area is 121 Å². The maximum absolute atomic E-state index is 12.0. The van der Waals surface area contributed by atoms with Crippen LogP contribution in [0.5, 0.6) is 0 Å². The van der Waals surface area contributed by atoms with E-state index in [1.54, 1.807) is 13.8 Å². The number of carbonyl (C=O) groups is 1. The van der Waals surface area contributed by atoms with Crippen molar-refractivity contribution >= 4 is 11.7 Å². The minimum atomic E-state index is -0.979. The van der Waals surface area contributed by atoms with Crippen LogP contribution in [0, 0.1) is 5.41 Å². The number of carbonyl (C=O) groups excluding carboxylic acids is 1. The van der Waals surface area contributed by atoms with Gasteiger partial charge in [-0.15, -0.1) is 0 Å². The molecular formula is C14H28N4O2. The van der Waals surface area contributed by atoms with E-state index in [9.17, 15) is 4.79 Å². The average Bonchev–Trinajstić information content (AvgIpc) is 2.43. The second-order valence-electron chi connectivity index (χ2n) is 6.10. The van der Waals surface area contributed by atoms with E-state index in [-0.39, 0.29) is 11.7 Å². The predicted molar refractivity (Wildman–Crippen MR) is 79.7 cm³/mol. The molecule has 20 heavy (non-hydrogen) atoms. The van der Waals surface area contributed by atoms with Gasteiger partial charge in [0, 0.05) is 19.1 Å². The maximum atomic E-state index is 12.0. The molecule has 0 aliphatic carbocycles. The van der Waals surface area contributed by atoms with Crippen molar-refractivity contribution in [2.75, 3.05) is 19.6 Å². The number of piperidine rings is 1. The zero-order valence-electron chi connectivity index (χ0n) is 12.9. The quantitative estimate of drug-likeness (QED) is 0.224. The van der Waals surface area contributed by atoms with Crippen molar-refractivity contribution in [2.24, 2.45) is 16.3 Å². The Balaban J connectivity index is 2.28. The lowest BCUT2D eigenvalue weighted by Gasteiger charge is -2.33. The van der Waals surface area contributed by atoms with Gasteiger partial charge in [-0.2, -0.15) is 0 Å². The van der Waals surface area contributed by atoms with Gasteiger partial charge < -0.3 is 21.2 Å². The third-order valence-electron chi connectivity index (χ3n) is 4.16. The zero-order valence-corrected chi connectivity index (χ0v) is 12.9. The molecule has 1 unspecified atom stereocenters. The van der Waals surface area contributed by atoms with E-state index in [4.69, 9.17) is 10.9 Å². The summed E-state index contributed by atoms with van der Waals surface area (Å²) in [5, 5.41) is 14.4. The number of amides is 1. The Morgan fingerprint density at radius 2 is 2.20 bits per heavy atom. The summed E-state index contributed by atoms with van der Waals surface area (Å²) < 4.78 is 0. The number of nitrogens with one attached hydrogen (secondary N) is 1. The fourth-order valence-corrected chi connectivity index (χ4v) is 2.44. The molecule has 1 aliphatic rings. The van der Waals surface area contributed by atoms with E-state index < -0.39 is 5.41 Å². The molecule has 1 atom stereocenters. The highest BCUT2D eigenvalue weighted by Gasteiger charge is 2.32. The van der Waals surface area contributed by atoms with Gasteiger partial charge in [-0.3, -0.25) is 4.79 Å². The van der Waals surface area contributed by atoms with Crippen LogP contribution in [0.15, 0.2) is 5.16 Å². The van der Waals surface area contributed by atoms with Crippen molar-refractivity contribution in [3.8, 4) is 0 Å². The van der Waals surface area contributed by atoms with Gasteiger partial charge in [-0.05, 0) is 46.6 Å². The molecule has 0 saturated carbocycles. The molecule has 1 aliphatic heterocycles. The molecule has 6 nitrogen and oxygen atoms in total. The molecule has 116 valence electrons. The van der Waals surface area contributed by atoms with Gasteiger partial charge in [0.15, 0.2) is 5.84 Å². The molecule has 1 heterocycles. The highest BCUT2D eigenvalue weighted by molar-refractivity contribution is 6.05. The van der Waals surface area contributed by atoms with Crippen LogP contribution in [0.1, 0.15) is 46.5 Å². The molecule has 1 fully saturated rings. The molecule has 6 heteroatoms. The van der Waals surface area contributed by atoms with Gasteiger partial charge in [0.2, 0.25) is 5.91 Å². The smallest absolute Gasteiger partial charge is 0.233 e. The lowest BCUT2D eigenvalue weighted by molar-refractivity contribution is -0.126. The minimum Gasteiger partial charge on any atom is -0.409 e. The molecule has 0 aromatic heterocycles. The Morgan fingerprint density at radius 3 is 2.80 bits per heavy atom. The molecule has 4 N–H and O–H groups in total. The van der Waals surface area contributed by atoms with E-state index in [0.717, 1.165) is 19.5 Å². The molecule has 0 aromatic rings. The summed E-state index contributed by atoms with van der Waals surface area (Å²) in [6.45, 7) is 8.33. The van der Waals surface area contributed by atoms with Gasteiger partial charge in [0.05, 0.1) is 0 Å². The predicted octanol–water partition coefficient (Wildman–Crippen LogP) is 1.14. The summed E-state index contributed by atoms with van der Waals surface area (Å²) in [7, 11) is 0. The summed E-state index contributed by atoms with van der Waals surface area (Å²) in [6, 6.07) is 0.646. The van der Waals surface area contributed by atoms with E-state index in [1.807, 2.05) is 0 Å². The van der Waals surface area contributed by atoms with Crippen molar-refractivity contribution in [1.82, 2.24) is 10.2 Å². The van der Waals surface area contributed by atoms with Gasteiger partial charge in [0.25, 0.3) is 0 Å². The van der Waals surface area contributed by atoms with Crippen molar-refractivity contribution < 1.29 is 10.0 Å². The monoisotopic (exact) mass is 284 g/mol. The summed E-state index contributed by atoms with van der Waals surface area (Å²) in [6.07, 6.45) is 4.78. The van der Waals surface area contributed by atoms with Crippen molar-refractivity contribution in [1.29, 1.82) is 0 Å². The van der Waals surface area contributed by atoms with Gasteiger partial charge >= 0.3 is 0 Å². The van der Waals surface area contributed by atoms with Gasteiger partial charge in [-0.25, -0.2) is 0 Å². The van der Waals surface area contributed by atoms with Crippen LogP contribution < -0.4 is 11.1 Å². The second-order valence-corrected chi connectivity index (χ2v) is 6.10. The average molecular weight is 284 g/mol. The maximum Gasteiger partial charge on any atom is 0.233 e. The van der Waals surface area contributed by atoms with E-state index in [0.29, 0.717) is 12.6 Å². The number of amidine groups is 1. The third kappa shape index (κ3) is 4.37. The molecule has 1 rings (SSSR count). The van der Waals surface area contributed by atoms with Crippen molar-refractivity contribution in [2.45, 2.75) is 52.5 Å². The fourth-order valence-electron chi connectivity index (χ4n) is 2.44.